The monoisotopic (exact) mass is 338 g/mol. The molecule has 0 aliphatic heterocycles. The smallest absolute Gasteiger partial charge is 0.332 e. The molecule has 0 amide bonds. The molecule has 0 saturated heterocycles. The van der Waals surface area contributed by atoms with Gasteiger partial charge >= 0.3 is 11.5 Å². The molecule has 3 aromatic heterocycles. The molecule has 7 heteroatoms. The van der Waals surface area contributed by atoms with Gasteiger partial charge in [0.1, 0.15) is 5.76 Å². The molecule has 0 unspecified atom stereocenters. The minimum atomic E-state index is -0.394. The third-order valence-corrected chi connectivity index (χ3v) is 4.62. The van der Waals surface area contributed by atoms with Gasteiger partial charge in [-0.2, -0.15) is 4.98 Å². The van der Waals surface area contributed by atoms with E-state index in [9.17, 15) is 9.59 Å². The summed E-state index contributed by atoms with van der Waals surface area (Å²) in [5.74, 6) is 1.02. The molecule has 4 rings (SSSR count). The van der Waals surface area contributed by atoms with Crippen LogP contribution in [0, 0.1) is 20.8 Å². The molecule has 7 nitrogen and oxygen atoms in total. The minimum Gasteiger partial charge on any atom is -0.428 e. The van der Waals surface area contributed by atoms with Crippen LogP contribution in [0.25, 0.3) is 17.0 Å². The summed E-state index contributed by atoms with van der Waals surface area (Å²) >= 11 is 0. The van der Waals surface area contributed by atoms with E-state index in [0.29, 0.717) is 22.8 Å². The van der Waals surface area contributed by atoms with Crippen LogP contribution >= 0.6 is 0 Å². The number of oxazole rings is 1. The van der Waals surface area contributed by atoms with Gasteiger partial charge in [0.2, 0.25) is 0 Å². The number of benzene rings is 1. The fourth-order valence-electron chi connectivity index (χ4n) is 3.18. The van der Waals surface area contributed by atoms with Crippen molar-refractivity contribution in [2.45, 2.75) is 27.3 Å². The fourth-order valence-corrected chi connectivity index (χ4v) is 3.18. The molecular weight excluding hydrogens is 320 g/mol. The van der Waals surface area contributed by atoms with Crippen molar-refractivity contribution >= 4 is 17.0 Å². The van der Waals surface area contributed by atoms with Crippen molar-refractivity contribution in [3.8, 4) is 0 Å². The van der Waals surface area contributed by atoms with Gasteiger partial charge in [-0.3, -0.25) is 18.3 Å². The summed E-state index contributed by atoms with van der Waals surface area (Å²) in [6.45, 7) is 5.88. The molecule has 0 N–H and O–H groups in total. The lowest BCUT2D eigenvalue weighted by Crippen LogP contribution is -2.39. The summed E-state index contributed by atoms with van der Waals surface area (Å²) < 4.78 is 9.91. The van der Waals surface area contributed by atoms with Crippen molar-refractivity contribution in [1.82, 2.24) is 18.5 Å². The van der Waals surface area contributed by atoms with E-state index >= 15 is 0 Å². The first-order valence-corrected chi connectivity index (χ1v) is 8.02. The first-order valence-electron chi connectivity index (χ1n) is 8.02. The number of imidazole rings is 1. The standard InChI is InChI=1S/C18H18N4O3/c1-10-6-5-7-13(8-10)9-21-16(23)14-15(20(4)18(21)24)19-17-22(14)11(2)12(3)25-17/h5-8H,9H2,1-4H3. The molecule has 0 aliphatic rings. The van der Waals surface area contributed by atoms with E-state index in [1.807, 2.05) is 45.0 Å². The van der Waals surface area contributed by atoms with Crippen LogP contribution in [0.2, 0.25) is 0 Å². The van der Waals surface area contributed by atoms with Gasteiger partial charge < -0.3 is 4.42 Å². The Kier molecular flexibility index (Phi) is 3.21. The number of hydrogen-bond acceptors (Lipinski definition) is 4. The lowest BCUT2D eigenvalue weighted by atomic mass is 10.1. The fraction of sp³-hybridized carbons (Fsp3) is 0.278. The minimum absolute atomic E-state index is 0.215. The van der Waals surface area contributed by atoms with Crippen LogP contribution in [0.3, 0.4) is 0 Å². The second kappa shape index (κ2) is 5.20. The van der Waals surface area contributed by atoms with E-state index in [0.717, 1.165) is 16.8 Å². The van der Waals surface area contributed by atoms with E-state index in [4.69, 9.17) is 4.42 Å². The predicted molar refractivity (Wildman–Crippen MR) is 94.2 cm³/mol. The maximum atomic E-state index is 13.1. The van der Waals surface area contributed by atoms with Crippen LogP contribution < -0.4 is 11.2 Å². The van der Waals surface area contributed by atoms with Crippen LogP contribution in [0.4, 0.5) is 0 Å². The number of fused-ring (bicyclic) bond motifs is 3. The van der Waals surface area contributed by atoms with Crippen molar-refractivity contribution < 1.29 is 4.42 Å². The number of hydrogen-bond donors (Lipinski definition) is 0. The zero-order valence-corrected chi connectivity index (χ0v) is 14.5. The zero-order valence-electron chi connectivity index (χ0n) is 14.5. The van der Waals surface area contributed by atoms with Crippen LogP contribution in [0.5, 0.6) is 0 Å². The molecule has 0 fully saturated rings. The van der Waals surface area contributed by atoms with E-state index in [1.54, 1.807) is 11.4 Å². The van der Waals surface area contributed by atoms with Crippen molar-refractivity contribution in [1.29, 1.82) is 0 Å². The van der Waals surface area contributed by atoms with Crippen LogP contribution in [0.15, 0.2) is 38.3 Å². The summed E-state index contributed by atoms with van der Waals surface area (Å²) in [5.41, 5.74) is 2.72. The van der Waals surface area contributed by atoms with E-state index in [2.05, 4.69) is 4.98 Å². The maximum Gasteiger partial charge on any atom is 0.332 e. The SMILES string of the molecule is Cc1cccc(Cn2c(=O)c3c(nc4oc(C)c(C)n43)n(C)c2=O)c1. The largest absolute Gasteiger partial charge is 0.428 e. The molecule has 0 bridgehead atoms. The molecule has 0 radical (unpaired) electrons. The molecule has 0 aliphatic carbocycles. The Labute approximate surface area is 142 Å². The van der Waals surface area contributed by atoms with Crippen LogP contribution in [0.1, 0.15) is 22.6 Å². The molecule has 25 heavy (non-hydrogen) atoms. The average Bonchev–Trinajstić information content (AvgIpc) is 3.07. The predicted octanol–water partition coefficient (Wildman–Crippen LogP) is 1.91. The van der Waals surface area contributed by atoms with Gasteiger partial charge in [0.15, 0.2) is 11.2 Å². The molecule has 0 saturated carbocycles. The highest BCUT2D eigenvalue weighted by Crippen LogP contribution is 2.19. The van der Waals surface area contributed by atoms with Gasteiger partial charge in [-0.05, 0) is 26.3 Å². The number of aryl methyl sites for hydroxylation is 4. The molecule has 0 atom stereocenters. The molecule has 0 spiro atoms. The summed E-state index contributed by atoms with van der Waals surface area (Å²) in [6.07, 6.45) is 0. The summed E-state index contributed by atoms with van der Waals surface area (Å²) in [7, 11) is 1.62. The van der Waals surface area contributed by atoms with Crippen molar-refractivity contribution in [2.75, 3.05) is 0 Å². The molecule has 3 heterocycles. The lowest BCUT2D eigenvalue weighted by Gasteiger charge is -2.09. The van der Waals surface area contributed by atoms with Crippen molar-refractivity contribution in [3.63, 3.8) is 0 Å². The number of rotatable bonds is 2. The Morgan fingerprint density at radius 3 is 2.64 bits per heavy atom. The van der Waals surface area contributed by atoms with E-state index < -0.39 is 5.69 Å². The molecule has 1 aromatic carbocycles. The maximum absolute atomic E-state index is 13.1. The molecule has 128 valence electrons. The molecular formula is C18H18N4O3. The third-order valence-electron chi connectivity index (χ3n) is 4.62. The van der Waals surface area contributed by atoms with Gasteiger partial charge in [-0.25, -0.2) is 4.79 Å². The zero-order chi connectivity index (χ0) is 17.9. The van der Waals surface area contributed by atoms with E-state index in [-0.39, 0.29) is 12.1 Å². The first-order chi connectivity index (χ1) is 11.9. The lowest BCUT2D eigenvalue weighted by molar-refractivity contribution is 0.561. The highest BCUT2D eigenvalue weighted by molar-refractivity contribution is 5.75. The molecule has 4 aromatic rings. The number of aromatic nitrogens is 4. The Morgan fingerprint density at radius 1 is 1.16 bits per heavy atom. The van der Waals surface area contributed by atoms with Crippen molar-refractivity contribution in [3.05, 3.63) is 67.7 Å². The van der Waals surface area contributed by atoms with Gasteiger partial charge in [-0.1, -0.05) is 29.8 Å². The summed E-state index contributed by atoms with van der Waals surface area (Å²) in [4.78, 5) is 30.1. The number of nitrogens with zero attached hydrogens (tertiary/aromatic N) is 4. The summed E-state index contributed by atoms with van der Waals surface area (Å²) in [5, 5.41) is 0. The Morgan fingerprint density at radius 2 is 1.92 bits per heavy atom. The highest BCUT2D eigenvalue weighted by Gasteiger charge is 2.21. The second-order valence-electron chi connectivity index (χ2n) is 6.37. The van der Waals surface area contributed by atoms with Gasteiger partial charge in [0.25, 0.3) is 5.56 Å². The third kappa shape index (κ3) is 2.15. The van der Waals surface area contributed by atoms with Gasteiger partial charge in [0.05, 0.1) is 12.2 Å². The van der Waals surface area contributed by atoms with Crippen LogP contribution in [-0.2, 0) is 13.6 Å². The Hall–Kier alpha value is -3.09. The van der Waals surface area contributed by atoms with Crippen LogP contribution in [-0.4, -0.2) is 18.5 Å². The Bertz CT molecular complexity index is 1250. The van der Waals surface area contributed by atoms with E-state index in [1.165, 1.54) is 9.13 Å². The van der Waals surface area contributed by atoms with Gasteiger partial charge in [0, 0.05) is 7.05 Å². The van der Waals surface area contributed by atoms with Crippen molar-refractivity contribution in [2.24, 2.45) is 7.05 Å². The normalized spacial score (nSPS) is 11.7. The summed E-state index contributed by atoms with van der Waals surface area (Å²) in [6, 6.07) is 7.77. The average molecular weight is 338 g/mol. The van der Waals surface area contributed by atoms with Gasteiger partial charge in [-0.15, -0.1) is 0 Å². The Balaban J connectivity index is 2.06. The quantitative estimate of drug-likeness (QED) is 0.560. The second-order valence-corrected chi connectivity index (χ2v) is 6.37. The topological polar surface area (TPSA) is 74.4 Å². The highest BCUT2D eigenvalue weighted by atomic mass is 16.4. The first kappa shape index (κ1) is 15.4.